The van der Waals surface area contributed by atoms with E-state index in [2.05, 4.69) is 9.97 Å². The molecule has 0 unspecified atom stereocenters. The zero-order valence-corrected chi connectivity index (χ0v) is 14.6. The largest absolute Gasteiger partial charge is 0.334 e. The van der Waals surface area contributed by atoms with E-state index in [1.54, 1.807) is 4.90 Å². The number of H-pyrrole nitrogens is 1. The van der Waals surface area contributed by atoms with Crippen LogP contribution in [0.4, 0.5) is 4.39 Å². The second-order valence-corrected chi connectivity index (χ2v) is 6.58. The Morgan fingerprint density at radius 2 is 1.85 bits per heavy atom. The van der Waals surface area contributed by atoms with Gasteiger partial charge in [0.15, 0.2) is 0 Å². The molecule has 0 atom stereocenters. The lowest BCUT2D eigenvalue weighted by molar-refractivity contribution is 0.0732. The fourth-order valence-electron chi connectivity index (χ4n) is 3.30. The van der Waals surface area contributed by atoms with E-state index in [9.17, 15) is 14.0 Å². The van der Waals surface area contributed by atoms with Crippen LogP contribution < -0.4 is 5.56 Å². The summed E-state index contributed by atoms with van der Waals surface area (Å²) in [6.45, 7) is 0.684. The Kier molecular flexibility index (Phi) is 4.54. The standard InChI is InChI=1S/C21H18FN3O2/c22-16-8-6-15(7-9-16)21(27)25-11-10-18-17(13-25)20(26)24-19(23-18)12-14-4-2-1-3-5-14/h1-9H,10-13H2,(H,23,24,26). The molecule has 136 valence electrons. The highest BCUT2D eigenvalue weighted by Crippen LogP contribution is 2.17. The van der Waals surface area contributed by atoms with Gasteiger partial charge in [-0.3, -0.25) is 9.59 Å². The molecule has 4 rings (SSSR count). The molecule has 1 N–H and O–H groups in total. The number of benzene rings is 2. The number of hydrogen-bond donors (Lipinski definition) is 1. The number of fused-ring (bicyclic) bond motifs is 1. The molecule has 0 radical (unpaired) electrons. The summed E-state index contributed by atoms with van der Waals surface area (Å²) in [5.41, 5.74) is 2.54. The fraction of sp³-hybridized carbons (Fsp3) is 0.190. The van der Waals surface area contributed by atoms with Gasteiger partial charge in [-0.05, 0) is 29.8 Å². The molecular formula is C21H18FN3O2. The Morgan fingerprint density at radius 1 is 1.11 bits per heavy atom. The zero-order valence-electron chi connectivity index (χ0n) is 14.6. The number of carbonyl (C=O) groups excluding carboxylic acids is 1. The number of aromatic amines is 1. The van der Waals surface area contributed by atoms with E-state index in [1.807, 2.05) is 30.3 Å². The van der Waals surface area contributed by atoms with Crippen molar-refractivity contribution in [2.45, 2.75) is 19.4 Å². The first-order chi connectivity index (χ1) is 13.1. The molecule has 2 heterocycles. The van der Waals surface area contributed by atoms with Crippen molar-refractivity contribution >= 4 is 5.91 Å². The number of amides is 1. The molecule has 0 spiro atoms. The highest BCUT2D eigenvalue weighted by Gasteiger charge is 2.25. The average molecular weight is 363 g/mol. The molecule has 6 heteroatoms. The second kappa shape index (κ2) is 7.15. The van der Waals surface area contributed by atoms with Crippen LogP contribution in [-0.2, 0) is 19.4 Å². The van der Waals surface area contributed by atoms with Crippen LogP contribution in [0.2, 0.25) is 0 Å². The van der Waals surface area contributed by atoms with Gasteiger partial charge in [-0.25, -0.2) is 9.37 Å². The number of nitrogens with one attached hydrogen (secondary N) is 1. The van der Waals surface area contributed by atoms with Gasteiger partial charge in [0.25, 0.3) is 11.5 Å². The molecule has 0 aliphatic carbocycles. The van der Waals surface area contributed by atoms with Gasteiger partial charge in [-0.1, -0.05) is 30.3 Å². The predicted molar refractivity (Wildman–Crippen MR) is 99.0 cm³/mol. The number of carbonyl (C=O) groups is 1. The SMILES string of the molecule is O=C(c1ccc(F)cc1)N1CCc2nc(Cc3ccccc3)[nH]c(=O)c2C1. The van der Waals surface area contributed by atoms with Gasteiger partial charge in [-0.15, -0.1) is 0 Å². The van der Waals surface area contributed by atoms with Crippen molar-refractivity contribution in [1.29, 1.82) is 0 Å². The van der Waals surface area contributed by atoms with Gasteiger partial charge in [-0.2, -0.15) is 0 Å². The van der Waals surface area contributed by atoms with Gasteiger partial charge in [0.1, 0.15) is 11.6 Å². The molecule has 1 aliphatic rings. The normalized spacial score (nSPS) is 13.3. The van der Waals surface area contributed by atoms with E-state index in [-0.39, 0.29) is 23.8 Å². The summed E-state index contributed by atoms with van der Waals surface area (Å²) in [7, 11) is 0. The minimum absolute atomic E-state index is 0.206. The van der Waals surface area contributed by atoms with Crippen molar-refractivity contribution in [3.63, 3.8) is 0 Å². The smallest absolute Gasteiger partial charge is 0.256 e. The first-order valence-electron chi connectivity index (χ1n) is 8.80. The summed E-state index contributed by atoms with van der Waals surface area (Å²) in [5.74, 6) is 0.0267. The van der Waals surface area contributed by atoms with Gasteiger partial charge in [0, 0.05) is 24.9 Å². The maximum atomic E-state index is 13.1. The van der Waals surface area contributed by atoms with Crippen LogP contribution >= 0.6 is 0 Å². The quantitative estimate of drug-likeness (QED) is 0.778. The summed E-state index contributed by atoms with van der Waals surface area (Å²) < 4.78 is 13.1. The summed E-state index contributed by atoms with van der Waals surface area (Å²) in [5, 5.41) is 0. The van der Waals surface area contributed by atoms with Crippen LogP contribution in [0.3, 0.4) is 0 Å². The summed E-state index contributed by atoms with van der Waals surface area (Å²) in [4.78, 5) is 34.2. The molecule has 0 bridgehead atoms. The first-order valence-corrected chi connectivity index (χ1v) is 8.80. The topological polar surface area (TPSA) is 66.1 Å². The van der Waals surface area contributed by atoms with E-state index in [4.69, 9.17) is 0 Å². The number of aromatic nitrogens is 2. The number of hydrogen-bond acceptors (Lipinski definition) is 3. The molecule has 2 aromatic carbocycles. The molecule has 0 saturated carbocycles. The minimum atomic E-state index is -0.387. The Morgan fingerprint density at radius 3 is 2.59 bits per heavy atom. The van der Waals surface area contributed by atoms with Crippen molar-refractivity contribution in [1.82, 2.24) is 14.9 Å². The predicted octanol–water partition coefficient (Wildman–Crippen LogP) is 2.70. The van der Waals surface area contributed by atoms with Gasteiger partial charge < -0.3 is 9.88 Å². The van der Waals surface area contributed by atoms with Gasteiger partial charge in [0.2, 0.25) is 0 Å². The van der Waals surface area contributed by atoms with Crippen LogP contribution in [0.5, 0.6) is 0 Å². The third kappa shape index (κ3) is 3.65. The molecule has 1 aromatic heterocycles. The summed E-state index contributed by atoms with van der Waals surface area (Å²) >= 11 is 0. The maximum Gasteiger partial charge on any atom is 0.256 e. The second-order valence-electron chi connectivity index (χ2n) is 6.58. The van der Waals surface area contributed by atoms with Crippen LogP contribution in [-0.4, -0.2) is 27.3 Å². The molecule has 0 fully saturated rings. The lowest BCUT2D eigenvalue weighted by Crippen LogP contribution is -2.39. The summed E-state index contributed by atoms with van der Waals surface area (Å²) in [6, 6.07) is 15.3. The third-order valence-corrected chi connectivity index (χ3v) is 4.71. The van der Waals surface area contributed by atoms with Crippen molar-refractivity contribution in [2.24, 2.45) is 0 Å². The lowest BCUT2D eigenvalue weighted by atomic mass is 10.0. The molecule has 5 nitrogen and oxygen atoms in total. The number of halogens is 1. The minimum Gasteiger partial charge on any atom is -0.334 e. The molecule has 27 heavy (non-hydrogen) atoms. The summed E-state index contributed by atoms with van der Waals surface area (Å²) in [6.07, 6.45) is 1.08. The van der Waals surface area contributed by atoms with Crippen molar-refractivity contribution in [2.75, 3.05) is 6.54 Å². The van der Waals surface area contributed by atoms with Crippen molar-refractivity contribution in [3.8, 4) is 0 Å². The fourth-order valence-corrected chi connectivity index (χ4v) is 3.30. The molecule has 1 amide bonds. The third-order valence-electron chi connectivity index (χ3n) is 4.71. The van der Waals surface area contributed by atoms with Crippen LogP contribution in [0, 0.1) is 5.82 Å². The van der Waals surface area contributed by atoms with Crippen LogP contribution in [0.1, 0.15) is 33.0 Å². The Bertz CT molecular complexity index is 1030. The van der Waals surface area contributed by atoms with E-state index in [1.165, 1.54) is 24.3 Å². The van der Waals surface area contributed by atoms with E-state index in [0.29, 0.717) is 36.3 Å². The first kappa shape index (κ1) is 17.1. The molecular weight excluding hydrogens is 345 g/mol. The van der Waals surface area contributed by atoms with E-state index >= 15 is 0 Å². The average Bonchev–Trinajstić information content (AvgIpc) is 2.69. The van der Waals surface area contributed by atoms with E-state index in [0.717, 1.165) is 11.3 Å². The molecule has 0 saturated heterocycles. The molecule has 3 aromatic rings. The van der Waals surface area contributed by atoms with Crippen molar-refractivity contribution < 1.29 is 9.18 Å². The zero-order chi connectivity index (χ0) is 18.8. The monoisotopic (exact) mass is 363 g/mol. The molecule has 1 aliphatic heterocycles. The van der Waals surface area contributed by atoms with Crippen LogP contribution in [0.15, 0.2) is 59.4 Å². The number of rotatable bonds is 3. The highest BCUT2D eigenvalue weighted by molar-refractivity contribution is 5.94. The van der Waals surface area contributed by atoms with Gasteiger partial charge >= 0.3 is 0 Å². The van der Waals surface area contributed by atoms with E-state index < -0.39 is 0 Å². The number of nitrogens with zero attached hydrogens (tertiary/aromatic N) is 2. The Hall–Kier alpha value is -3.28. The van der Waals surface area contributed by atoms with Crippen molar-refractivity contribution in [3.05, 3.63) is 99.0 Å². The van der Waals surface area contributed by atoms with Crippen LogP contribution in [0.25, 0.3) is 0 Å². The lowest BCUT2D eigenvalue weighted by Gasteiger charge is -2.28. The van der Waals surface area contributed by atoms with Gasteiger partial charge in [0.05, 0.1) is 17.8 Å². The Labute approximate surface area is 155 Å². The maximum absolute atomic E-state index is 13.1. The Balaban J connectivity index is 1.55. The highest BCUT2D eigenvalue weighted by atomic mass is 19.1.